The lowest BCUT2D eigenvalue weighted by Crippen LogP contribution is -2.14. The van der Waals surface area contributed by atoms with E-state index in [1.54, 1.807) is 6.07 Å². The number of alkyl halides is 5. The van der Waals surface area contributed by atoms with Crippen LogP contribution in [0.15, 0.2) is 6.07 Å². The Morgan fingerprint density at radius 1 is 1.41 bits per heavy atom. The molecule has 0 aliphatic rings. The number of halogens is 6. The van der Waals surface area contributed by atoms with Crippen LogP contribution in [0.2, 0.25) is 0 Å². The van der Waals surface area contributed by atoms with Gasteiger partial charge in [-0.3, -0.25) is 0 Å². The molecule has 0 saturated heterocycles. The molecule has 0 radical (unpaired) electrons. The van der Waals surface area contributed by atoms with E-state index in [-0.39, 0.29) is 15.6 Å². The Bertz CT molecular complexity index is 464. The van der Waals surface area contributed by atoms with Gasteiger partial charge in [0.2, 0.25) is 0 Å². The normalized spacial score (nSPS) is 11.6. The molecule has 0 aromatic carbocycles. The Labute approximate surface area is 107 Å². The minimum absolute atomic E-state index is 0.0919. The minimum atomic E-state index is -4.81. The van der Waals surface area contributed by atoms with Crippen LogP contribution in [-0.4, -0.2) is 4.98 Å². The van der Waals surface area contributed by atoms with Gasteiger partial charge >= 0.3 is 6.18 Å². The molecule has 0 spiro atoms. The second kappa shape index (κ2) is 5.12. The summed E-state index contributed by atoms with van der Waals surface area (Å²) in [6.07, 6.45) is -8.29. The molecule has 0 unspecified atom stereocenters. The van der Waals surface area contributed by atoms with Crippen molar-refractivity contribution in [1.82, 2.24) is 4.98 Å². The molecule has 92 valence electrons. The van der Waals surface area contributed by atoms with Crippen molar-refractivity contribution in [3.05, 3.63) is 26.6 Å². The van der Waals surface area contributed by atoms with Gasteiger partial charge in [0.15, 0.2) is 5.69 Å². The van der Waals surface area contributed by atoms with Gasteiger partial charge in [-0.25, -0.2) is 13.8 Å². The Hall–Kier alpha value is -0.980. The van der Waals surface area contributed by atoms with Crippen molar-refractivity contribution in [2.75, 3.05) is 0 Å². The molecule has 0 amide bonds. The van der Waals surface area contributed by atoms with E-state index in [0.717, 1.165) is 6.07 Å². The van der Waals surface area contributed by atoms with Crippen LogP contribution in [0, 0.1) is 14.9 Å². The summed E-state index contributed by atoms with van der Waals surface area (Å²) in [6.45, 7) is 0. The summed E-state index contributed by atoms with van der Waals surface area (Å²) < 4.78 is 62.0. The number of nitrogens with zero attached hydrogens (tertiary/aromatic N) is 2. The van der Waals surface area contributed by atoms with Gasteiger partial charge in [0.05, 0.1) is 12.5 Å². The lowest BCUT2D eigenvalue weighted by molar-refractivity contribution is -0.142. The predicted octanol–water partition coefficient (Wildman–Crippen LogP) is 3.71. The Kier molecular flexibility index (Phi) is 4.24. The molecule has 0 atom stereocenters. The number of nitriles is 1. The number of rotatable bonds is 2. The third-order valence-corrected chi connectivity index (χ3v) is 3.02. The van der Waals surface area contributed by atoms with Gasteiger partial charge in [-0.15, -0.1) is 0 Å². The molecule has 1 rings (SSSR count). The third kappa shape index (κ3) is 3.24. The van der Waals surface area contributed by atoms with Crippen molar-refractivity contribution in [2.45, 2.75) is 19.0 Å². The second-order valence-electron chi connectivity index (χ2n) is 3.00. The fourth-order valence-electron chi connectivity index (χ4n) is 1.12. The summed E-state index contributed by atoms with van der Waals surface area (Å²) in [4.78, 5) is 2.89. The zero-order chi connectivity index (χ0) is 13.2. The Morgan fingerprint density at radius 3 is 2.41 bits per heavy atom. The van der Waals surface area contributed by atoms with Gasteiger partial charge in [0.25, 0.3) is 6.43 Å². The quantitative estimate of drug-likeness (QED) is 0.594. The van der Waals surface area contributed by atoms with E-state index in [4.69, 9.17) is 5.26 Å². The molecule has 1 aromatic heterocycles. The molecule has 1 heterocycles. The monoisotopic (exact) mass is 362 g/mol. The van der Waals surface area contributed by atoms with Crippen LogP contribution in [0.25, 0.3) is 0 Å². The largest absolute Gasteiger partial charge is 0.434 e. The van der Waals surface area contributed by atoms with E-state index in [2.05, 4.69) is 4.98 Å². The molecule has 0 N–H and O–H groups in total. The van der Waals surface area contributed by atoms with Gasteiger partial charge < -0.3 is 0 Å². The number of aromatic nitrogens is 1. The molecule has 0 fully saturated rings. The predicted molar refractivity (Wildman–Crippen MR) is 56.2 cm³/mol. The van der Waals surface area contributed by atoms with Crippen LogP contribution >= 0.6 is 22.6 Å². The van der Waals surface area contributed by atoms with E-state index in [1.807, 2.05) is 0 Å². The molecule has 0 aliphatic heterocycles. The first-order valence-electron chi connectivity index (χ1n) is 4.19. The summed E-state index contributed by atoms with van der Waals surface area (Å²) in [7, 11) is 0. The number of hydrogen-bond acceptors (Lipinski definition) is 2. The average molecular weight is 362 g/mol. The first kappa shape index (κ1) is 14.1. The van der Waals surface area contributed by atoms with Crippen LogP contribution < -0.4 is 0 Å². The van der Waals surface area contributed by atoms with Crippen molar-refractivity contribution in [2.24, 2.45) is 0 Å². The Balaban J connectivity index is 3.44. The number of pyridine rings is 1. The van der Waals surface area contributed by atoms with Crippen LogP contribution in [0.5, 0.6) is 0 Å². The topological polar surface area (TPSA) is 36.7 Å². The first-order valence-corrected chi connectivity index (χ1v) is 5.27. The minimum Gasteiger partial charge on any atom is -0.241 e. The highest BCUT2D eigenvalue weighted by atomic mass is 127. The second-order valence-corrected chi connectivity index (χ2v) is 4.08. The zero-order valence-corrected chi connectivity index (χ0v) is 10.2. The Morgan fingerprint density at radius 2 is 2.00 bits per heavy atom. The zero-order valence-electron chi connectivity index (χ0n) is 8.02. The molecular formula is C9H4F5IN2. The third-order valence-electron chi connectivity index (χ3n) is 1.81. The van der Waals surface area contributed by atoms with Gasteiger partial charge in [0, 0.05) is 3.57 Å². The summed E-state index contributed by atoms with van der Waals surface area (Å²) >= 11 is 1.35. The maximum absolute atomic E-state index is 12.5. The van der Waals surface area contributed by atoms with Gasteiger partial charge in [0.1, 0.15) is 5.69 Å². The van der Waals surface area contributed by atoms with Gasteiger partial charge in [-0.1, -0.05) is 0 Å². The lowest BCUT2D eigenvalue weighted by Gasteiger charge is -2.12. The van der Waals surface area contributed by atoms with Gasteiger partial charge in [-0.05, 0) is 34.2 Å². The van der Waals surface area contributed by atoms with Crippen LogP contribution in [0.1, 0.15) is 23.4 Å². The van der Waals surface area contributed by atoms with Crippen LogP contribution in [0.4, 0.5) is 22.0 Å². The lowest BCUT2D eigenvalue weighted by atomic mass is 10.1. The smallest absolute Gasteiger partial charge is 0.241 e. The highest BCUT2D eigenvalue weighted by Gasteiger charge is 2.37. The highest BCUT2D eigenvalue weighted by Crippen LogP contribution is 2.34. The van der Waals surface area contributed by atoms with Crippen molar-refractivity contribution < 1.29 is 22.0 Å². The van der Waals surface area contributed by atoms with E-state index in [1.165, 1.54) is 22.6 Å². The molecule has 0 saturated carbocycles. The fraction of sp³-hybridized carbons (Fsp3) is 0.333. The maximum atomic E-state index is 12.5. The summed E-state index contributed by atoms with van der Waals surface area (Å²) in [6, 6.07) is 2.45. The SMILES string of the molecule is N#CCc1cc(C(F)F)nc(C(F)(F)F)c1I. The maximum Gasteiger partial charge on any atom is 0.434 e. The standard InChI is InChI=1S/C9H4F5IN2/c10-8(11)5-3-4(1-2-16)6(15)7(17-5)9(12,13)14/h3,8H,1H2. The van der Waals surface area contributed by atoms with Gasteiger partial charge in [-0.2, -0.15) is 18.4 Å². The molecular weight excluding hydrogens is 358 g/mol. The van der Waals surface area contributed by atoms with Crippen molar-refractivity contribution >= 4 is 22.6 Å². The van der Waals surface area contributed by atoms with Crippen molar-refractivity contribution in [3.8, 4) is 6.07 Å². The van der Waals surface area contributed by atoms with E-state index < -0.39 is 24.0 Å². The van der Waals surface area contributed by atoms with E-state index in [9.17, 15) is 22.0 Å². The number of hydrogen-bond donors (Lipinski definition) is 0. The van der Waals surface area contributed by atoms with Crippen molar-refractivity contribution in [3.63, 3.8) is 0 Å². The summed E-state index contributed by atoms with van der Waals surface area (Å²) in [5.74, 6) is 0. The van der Waals surface area contributed by atoms with Crippen molar-refractivity contribution in [1.29, 1.82) is 5.26 Å². The fourth-order valence-corrected chi connectivity index (χ4v) is 1.89. The molecule has 0 bridgehead atoms. The molecule has 17 heavy (non-hydrogen) atoms. The molecule has 2 nitrogen and oxygen atoms in total. The molecule has 0 aliphatic carbocycles. The van der Waals surface area contributed by atoms with E-state index >= 15 is 0 Å². The van der Waals surface area contributed by atoms with Crippen LogP contribution in [-0.2, 0) is 12.6 Å². The summed E-state index contributed by atoms with van der Waals surface area (Å²) in [5, 5.41) is 8.42. The van der Waals surface area contributed by atoms with Crippen LogP contribution in [0.3, 0.4) is 0 Å². The molecule has 1 aromatic rings. The van der Waals surface area contributed by atoms with E-state index in [0.29, 0.717) is 0 Å². The molecule has 8 heteroatoms. The summed E-state index contributed by atoms with van der Waals surface area (Å²) in [5.41, 5.74) is -2.44. The average Bonchev–Trinajstić information content (AvgIpc) is 2.19. The first-order chi connectivity index (χ1) is 7.77. The highest BCUT2D eigenvalue weighted by molar-refractivity contribution is 14.1.